The SMILES string of the molecule is C=CCn1c(SCC(=O)Nc2c(CC)cccc2CC)nnc1C(C)Oc1ccc(C)c(C)c1. The Morgan fingerprint density at radius 1 is 1.15 bits per heavy atom. The van der Waals surface area contributed by atoms with Gasteiger partial charge in [-0.05, 0) is 68.0 Å². The molecule has 7 heteroatoms. The predicted octanol–water partition coefficient (Wildman–Crippen LogP) is 6.08. The maximum Gasteiger partial charge on any atom is 0.234 e. The van der Waals surface area contributed by atoms with Gasteiger partial charge in [-0.15, -0.1) is 16.8 Å². The molecule has 0 saturated heterocycles. The molecule has 0 spiro atoms. The van der Waals surface area contributed by atoms with Gasteiger partial charge in [-0.25, -0.2) is 0 Å². The first-order valence-electron chi connectivity index (χ1n) is 11.7. The Balaban J connectivity index is 1.71. The van der Waals surface area contributed by atoms with Gasteiger partial charge < -0.3 is 10.1 Å². The first kappa shape index (κ1) is 25.6. The Bertz CT molecular complexity index is 1130. The van der Waals surface area contributed by atoms with Crippen LogP contribution in [0.3, 0.4) is 0 Å². The number of hydrogen-bond donors (Lipinski definition) is 1. The minimum Gasteiger partial charge on any atom is -0.483 e. The molecule has 0 radical (unpaired) electrons. The van der Waals surface area contributed by atoms with Gasteiger partial charge in [-0.1, -0.05) is 56.0 Å². The van der Waals surface area contributed by atoms with E-state index >= 15 is 0 Å². The van der Waals surface area contributed by atoms with E-state index in [4.69, 9.17) is 4.74 Å². The highest BCUT2D eigenvalue weighted by Gasteiger charge is 2.20. The molecule has 0 aliphatic rings. The second kappa shape index (κ2) is 11.9. The molecule has 0 bridgehead atoms. The van der Waals surface area contributed by atoms with Gasteiger partial charge in [0.05, 0.1) is 5.75 Å². The summed E-state index contributed by atoms with van der Waals surface area (Å²) >= 11 is 1.36. The monoisotopic (exact) mass is 478 g/mol. The third kappa shape index (κ3) is 6.08. The van der Waals surface area contributed by atoms with Crippen LogP contribution in [0.1, 0.15) is 55.0 Å². The lowest BCUT2D eigenvalue weighted by atomic mass is 10.0. The highest BCUT2D eigenvalue weighted by Crippen LogP contribution is 2.27. The molecule has 6 nitrogen and oxygen atoms in total. The largest absolute Gasteiger partial charge is 0.483 e. The van der Waals surface area contributed by atoms with E-state index in [0.29, 0.717) is 17.5 Å². The average Bonchev–Trinajstić information content (AvgIpc) is 3.23. The summed E-state index contributed by atoms with van der Waals surface area (Å²) in [5, 5.41) is 12.5. The molecule has 3 rings (SSSR count). The van der Waals surface area contributed by atoms with E-state index in [1.165, 1.54) is 22.9 Å². The first-order chi connectivity index (χ1) is 16.4. The van der Waals surface area contributed by atoms with Gasteiger partial charge >= 0.3 is 0 Å². The zero-order valence-electron chi connectivity index (χ0n) is 20.7. The number of thioether (sulfide) groups is 1. The fourth-order valence-electron chi connectivity index (χ4n) is 3.76. The van der Waals surface area contributed by atoms with E-state index in [-0.39, 0.29) is 17.8 Å². The summed E-state index contributed by atoms with van der Waals surface area (Å²) in [5.41, 5.74) is 5.62. The van der Waals surface area contributed by atoms with E-state index in [0.717, 1.165) is 35.4 Å². The zero-order valence-corrected chi connectivity index (χ0v) is 21.5. The number of anilines is 1. The number of nitrogens with zero attached hydrogens (tertiary/aromatic N) is 3. The summed E-state index contributed by atoms with van der Waals surface area (Å²) in [6.07, 6.45) is 3.23. The number of benzene rings is 2. The fourth-order valence-corrected chi connectivity index (χ4v) is 4.52. The second-order valence-electron chi connectivity index (χ2n) is 8.24. The van der Waals surface area contributed by atoms with Crippen LogP contribution in [0, 0.1) is 13.8 Å². The van der Waals surface area contributed by atoms with Crippen LogP contribution in [-0.4, -0.2) is 26.4 Å². The Morgan fingerprint density at radius 2 is 1.85 bits per heavy atom. The highest BCUT2D eigenvalue weighted by atomic mass is 32.2. The Morgan fingerprint density at radius 3 is 2.47 bits per heavy atom. The molecule has 1 heterocycles. The van der Waals surface area contributed by atoms with Crippen molar-refractivity contribution in [3.63, 3.8) is 0 Å². The number of amides is 1. The summed E-state index contributed by atoms with van der Waals surface area (Å²) in [7, 11) is 0. The Hall–Kier alpha value is -3.06. The Kier molecular flexibility index (Phi) is 8.93. The molecular weight excluding hydrogens is 444 g/mol. The van der Waals surface area contributed by atoms with Crippen molar-refractivity contribution in [2.24, 2.45) is 0 Å². The lowest BCUT2D eigenvalue weighted by Gasteiger charge is -2.17. The topological polar surface area (TPSA) is 69.0 Å². The molecule has 1 aromatic heterocycles. The van der Waals surface area contributed by atoms with Gasteiger partial charge in [-0.3, -0.25) is 9.36 Å². The molecule has 3 aromatic rings. The van der Waals surface area contributed by atoms with Gasteiger partial charge in [-0.2, -0.15) is 0 Å². The van der Waals surface area contributed by atoms with Crippen molar-refractivity contribution < 1.29 is 9.53 Å². The van der Waals surface area contributed by atoms with Crippen molar-refractivity contribution in [1.29, 1.82) is 0 Å². The van der Waals surface area contributed by atoms with Crippen molar-refractivity contribution in [3.8, 4) is 5.75 Å². The molecule has 34 heavy (non-hydrogen) atoms. The molecule has 2 aromatic carbocycles. The Labute approximate surface area is 206 Å². The molecule has 0 aliphatic carbocycles. The van der Waals surface area contributed by atoms with E-state index in [1.54, 1.807) is 6.08 Å². The molecule has 1 unspecified atom stereocenters. The van der Waals surface area contributed by atoms with Crippen molar-refractivity contribution >= 4 is 23.4 Å². The number of rotatable bonds is 11. The molecule has 1 atom stereocenters. The zero-order chi connectivity index (χ0) is 24.7. The maximum absolute atomic E-state index is 12.8. The van der Waals surface area contributed by atoms with E-state index in [1.807, 2.05) is 35.8 Å². The number of carbonyl (C=O) groups is 1. The van der Waals surface area contributed by atoms with Crippen molar-refractivity contribution in [2.75, 3.05) is 11.1 Å². The van der Waals surface area contributed by atoms with Crippen LogP contribution < -0.4 is 10.1 Å². The lowest BCUT2D eigenvalue weighted by molar-refractivity contribution is -0.113. The third-order valence-electron chi connectivity index (χ3n) is 5.81. The molecule has 0 aliphatic heterocycles. The lowest BCUT2D eigenvalue weighted by Crippen LogP contribution is -2.17. The van der Waals surface area contributed by atoms with Gasteiger partial charge in [0.15, 0.2) is 17.1 Å². The van der Waals surface area contributed by atoms with Crippen molar-refractivity contribution in [2.45, 2.75) is 65.3 Å². The third-order valence-corrected chi connectivity index (χ3v) is 6.77. The number of carbonyl (C=O) groups excluding carboxylic acids is 1. The second-order valence-corrected chi connectivity index (χ2v) is 9.18. The van der Waals surface area contributed by atoms with Crippen LogP contribution in [0.4, 0.5) is 5.69 Å². The van der Waals surface area contributed by atoms with Gasteiger partial charge in [0.2, 0.25) is 5.91 Å². The van der Waals surface area contributed by atoms with Crippen LogP contribution in [0.2, 0.25) is 0 Å². The summed E-state index contributed by atoms with van der Waals surface area (Å²) < 4.78 is 8.10. The molecule has 0 fully saturated rings. The van der Waals surface area contributed by atoms with Gasteiger partial charge in [0, 0.05) is 12.2 Å². The van der Waals surface area contributed by atoms with Crippen LogP contribution in [0.25, 0.3) is 0 Å². The van der Waals surface area contributed by atoms with Crippen LogP contribution in [0.15, 0.2) is 54.2 Å². The van der Waals surface area contributed by atoms with Crippen LogP contribution in [-0.2, 0) is 24.2 Å². The highest BCUT2D eigenvalue weighted by molar-refractivity contribution is 7.99. The van der Waals surface area contributed by atoms with E-state index < -0.39 is 0 Å². The minimum absolute atomic E-state index is 0.0604. The molecule has 0 saturated carbocycles. The number of aryl methyl sites for hydroxylation is 4. The number of ether oxygens (including phenoxy) is 1. The molecular formula is C27H34N4O2S. The average molecular weight is 479 g/mol. The summed E-state index contributed by atoms with van der Waals surface area (Å²) in [6.45, 7) is 14.7. The van der Waals surface area contributed by atoms with Gasteiger partial charge in [0.25, 0.3) is 0 Å². The van der Waals surface area contributed by atoms with E-state index in [2.05, 4.69) is 61.9 Å². The molecule has 1 amide bonds. The van der Waals surface area contributed by atoms with E-state index in [9.17, 15) is 4.79 Å². The van der Waals surface area contributed by atoms with Crippen LogP contribution >= 0.6 is 11.8 Å². The quantitative estimate of drug-likeness (QED) is 0.267. The fraction of sp³-hybridized carbons (Fsp3) is 0.370. The summed E-state index contributed by atoms with van der Waals surface area (Å²) in [4.78, 5) is 12.8. The van der Waals surface area contributed by atoms with Crippen molar-refractivity contribution in [1.82, 2.24) is 14.8 Å². The number of para-hydroxylation sites is 1. The predicted molar refractivity (Wildman–Crippen MR) is 140 cm³/mol. The number of aromatic nitrogens is 3. The number of allylic oxidation sites excluding steroid dienone is 1. The smallest absolute Gasteiger partial charge is 0.234 e. The normalized spacial score (nSPS) is 11.8. The molecule has 180 valence electrons. The summed E-state index contributed by atoms with van der Waals surface area (Å²) in [5.74, 6) is 1.67. The maximum atomic E-state index is 12.8. The minimum atomic E-state index is -0.304. The number of hydrogen-bond acceptors (Lipinski definition) is 5. The summed E-state index contributed by atoms with van der Waals surface area (Å²) in [6, 6.07) is 12.2. The number of nitrogens with one attached hydrogen (secondary N) is 1. The van der Waals surface area contributed by atoms with Crippen LogP contribution in [0.5, 0.6) is 5.75 Å². The van der Waals surface area contributed by atoms with Gasteiger partial charge in [0.1, 0.15) is 5.75 Å². The molecule has 1 N–H and O–H groups in total. The standard InChI is InChI=1S/C27H34N4O2S/c1-7-15-31-26(20(6)33-23-14-13-18(4)19(5)16-23)29-30-27(31)34-17-24(32)28-25-21(8-2)11-10-12-22(25)9-3/h7,10-14,16,20H,1,8-9,15,17H2,2-6H3,(H,28,32). The van der Waals surface area contributed by atoms with Crippen molar-refractivity contribution in [3.05, 3.63) is 77.1 Å². The first-order valence-corrected chi connectivity index (χ1v) is 12.7.